The van der Waals surface area contributed by atoms with Crippen LogP contribution in [0, 0.1) is 0 Å². The molecule has 1 rings (SSSR count). The Kier molecular flexibility index (Phi) is 6.36. The molecule has 0 aliphatic carbocycles. The predicted octanol–water partition coefficient (Wildman–Crippen LogP) is 2.71. The molecule has 4 heteroatoms. The lowest BCUT2D eigenvalue weighted by molar-refractivity contribution is -0.115. The van der Waals surface area contributed by atoms with Gasteiger partial charge in [-0.15, -0.1) is 0 Å². The van der Waals surface area contributed by atoms with Crippen molar-refractivity contribution in [3.05, 3.63) is 23.8 Å². The second kappa shape index (κ2) is 7.79. The highest BCUT2D eigenvalue weighted by Crippen LogP contribution is 2.26. The first-order valence-electron chi connectivity index (χ1n) is 6.91. The van der Waals surface area contributed by atoms with Gasteiger partial charge in [0, 0.05) is 12.5 Å². The van der Waals surface area contributed by atoms with E-state index >= 15 is 0 Å². The highest BCUT2D eigenvalue weighted by atomic mass is 16.5. The van der Waals surface area contributed by atoms with Gasteiger partial charge in [-0.25, -0.2) is 0 Å². The Morgan fingerprint density at radius 3 is 2.68 bits per heavy atom. The summed E-state index contributed by atoms with van der Waals surface area (Å²) < 4.78 is 5.58. The summed E-state index contributed by atoms with van der Waals surface area (Å²) in [4.78, 5) is 11.5. The number of ether oxygens (including phenoxy) is 1. The standard InChI is InChI=1S/C15H24N2O2/c1-4-12(16)9-11-7-8-13(17-15(18)5-2)14(10-11)19-6-3/h7-8,10,12H,4-6,9,16H2,1-3H3,(H,17,18). The van der Waals surface area contributed by atoms with Crippen molar-refractivity contribution in [2.24, 2.45) is 5.73 Å². The molecular formula is C15H24N2O2. The van der Waals surface area contributed by atoms with Crippen molar-refractivity contribution in [3.8, 4) is 5.75 Å². The minimum atomic E-state index is -0.0148. The van der Waals surface area contributed by atoms with E-state index in [-0.39, 0.29) is 11.9 Å². The van der Waals surface area contributed by atoms with Crippen LogP contribution in [-0.4, -0.2) is 18.6 Å². The number of hydrogen-bond acceptors (Lipinski definition) is 3. The molecule has 0 bridgehead atoms. The molecule has 19 heavy (non-hydrogen) atoms. The van der Waals surface area contributed by atoms with Crippen LogP contribution in [0.3, 0.4) is 0 Å². The van der Waals surface area contributed by atoms with E-state index in [1.165, 1.54) is 0 Å². The average Bonchev–Trinajstić information content (AvgIpc) is 2.41. The van der Waals surface area contributed by atoms with Crippen molar-refractivity contribution in [3.63, 3.8) is 0 Å². The Bertz CT molecular complexity index is 419. The Balaban J connectivity index is 2.90. The maximum absolute atomic E-state index is 11.5. The molecule has 4 nitrogen and oxygen atoms in total. The number of anilines is 1. The Morgan fingerprint density at radius 2 is 2.11 bits per heavy atom. The lowest BCUT2D eigenvalue weighted by Crippen LogP contribution is -2.21. The Labute approximate surface area is 115 Å². The molecule has 0 heterocycles. The summed E-state index contributed by atoms with van der Waals surface area (Å²) >= 11 is 0. The van der Waals surface area contributed by atoms with Crippen LogP contribution in [0.5, 0.6) is 5.75 Å². The molecule has 1 aromatic carbocycles. The molecular weight excluding hydrogens is 240 g/mol. The number of amides is 1. The number of carbonyl (C=O) groups is 1. The smallest absolute Gasteiger partial charge is 0.224 e. The van der Waals surface area contributed by atoms with Crippen molar-refractivity contribution in [2.45, 2.75) is 46.1 Å². The van der Waals surface area contributed by atoms with E-state index in [1.807, 2.05) is 32.0 Å². The van der Waals surface area contributed by atoms with Crippen molar-refractivity contribution in [1.29, 1.82) is 0 Å². The SMILES string of the molecule is CCOc1cc(CC(N)CC)ccc1NC(=O)CC. The normalized spacial score (nSPS) is 12.0. The predicted molar refractivity (Wildman–Crippen MR) is 78.5 cm³/mol. The summed E-state index contributed by atoms with van der Waals surface area (Å²) in [6.45, 7) is 6.39. The largest absolute Gasteiger partial charge is 0.492 e. The number of hydrogen-bond donors (Lipinski definition) is 2. The van der Waals surface area contributed by atoms with Crippen LogP contribution in [0.2, 0.25) is 0 Å². The summed E-state index contributed by atoms with van der Waals surface area (Å²) in [5.41, 5.74) is 7.82. The molecule has 3 N–H and O–H groups in total. The van der Waals surface area contributed by atoms with Gasteiger partial charge in [-0.1, -0.05) is 19.9 Å². The third kappa shape index (κ3) is 4.91. The third-order valence-electron chi connectivity index (χ3n) is 2.96. The molecule has 0 fully saturated rings. The maximum Gasteiger partial charge on any atom is 0.224 e. The van der Waals surface area contributed by atoms with Crippen molar-refractivity contribution in [1.82, 2.24) is 0 Å². The van der Waals surface area contributed by atoms with Gasteiger partial charge >= 0.3 is 0 Å². The van der Waals surface area contributed by atoms with Crippen LogP contribution in [0.4, 0.5) is 5.69 Å². The maximum atomic E-state index is 11.5. The minimum Gasteiger partial charge on any atom is -0.492 e. The zero-order chi connectivity index (χ0) is 14.3. The van der Waals surface area contributed by atoms with E-state index in [0.29, 0.717) is 18.8 Å². The monoisotopic (exact) mass is 264 g/mol. The highest BCUT2D eigenvalue weighted by Gasteiger charge is 2.09. The number of nitrogens with one attached hydrogen (secondary N) is 1. The third-order valence-corrected chi connectivity index (χ3v) is 2.96. The van der Waals surface area contributed by atoms with Gasteiger partial charge in [-0.2, -0.15) is 0 Å². The molecule has 1 unspecified atom stereocenters. The topological polar surface area (TPSA) is 64.3 Å². The van der Waals surface area contributed by atoms with Gasteiger partial charge in [-0.05, 0) is 37.5 Å². The lowest BCUT2D eigenvalue weighted by Gasteiger charge is -2.14. The van der Waals surface area contributed by atoms with Crippen LogP contribution >= 0.6 is 0 Å². The van der Waals surface area contributed by atoms with Crippen LogP contribution in [-0.2, 0) is 11.2 Å². The number of carbonyl (C=O) groups excluding carboxylic acids is 1. The van der Waals surface area contributed by atoms with Crippen molar-refractivity contribution >= 4 is 11.6 Å². The van der Waals surface area contributed by atoms with Gasteiger partial charge in [0.05, 0.1) is 12.3 Å². The Hall–Kier alpha value is -1.55. The highest BCUT2D eigenvalue weighted by molar-refractivity contribution is 5.92. The van der Waals surface area contributed by atoms with Gasteiger partial charge < -0.3 is 15.8 Å². The van der Waals surface area contributed by atoms with Crippen LogP contribution in [0.15, 0.2) is 18.2 Å². The van der Waals surface area contributed by atoms with Gasteiger partial charge in [0.25, 0.3) is 0 Å². The van der Waals surface area contributed by atoms with E-state index in [9.17, 15) is 4.79 Å². The molecule has 0 aliphatic rings. The van der Waals surface area contributed by atoms with Gasteiger partial charge in [0.2, 0.25) is 5.91 Å². The van der Waals surface area contributed by atoms with E-state index in [1.54, 1.807) is 0 Å². The van der Waals surface area contributed by atoms with Crippen molar-refractivity contribution < 1.29 is 9.53 Å². The van der Waals surface area contributed by atoms with Crippen molar-refractivity contribution in [2.75, 3.05) is 11.9 Å². The van der Waals surface area contributed by atoms with E-state index < -0.39 is 0 Å². The van der Waals surface area contributed by atoms with Crippen LogP contribution in [0.25, 0.3) is 0 Å². The summed E-state index contributed by atoms with van der Waals surface area (Å²) in [7, 11) is 0. The molecule has 1 atom stereocenters. The first-order chi connectivity index (χ1) is 9.10. The average molecular weight is 264 g/mol. The van der Waals surface area contributed by atoms with Gasteiger partial charge in [0.1, 0.15) is 5.75 Å². The fourth-order valence-electron chi connectivity index (χ4n) is 1.76. The van der Waals surface area contributed by atoms with Gasteiger partial charge in [0.15, 0.2) is 0 Å². The summed E-state index contributed by atoms with van der Waals surface area (Å²) in [6.07, 6.45) is 2.21. The van der Waals surface area contributed by atoms with Gasteiger partial charge in [-0.3, -0.25) is 4.79 Å². The zero-order valence-electron chi connectivity index (χ0n) is 12.0. The first kappa shape index (κ1) is 15.5. The van der Waals surface area contributed by atoms with Crippen LogP contribution < -0.4 is 15.8 Å². The Morgan fingerprint density at radius 1 is 1.37 bits per heavy atom. The molecule has 0 aliphatic heterocycles. The summed E-state index contributed by atoms with van der Waals surface area (Å²) in [5.74, 6) is 0.698. The number of nitrogens with two attached hydrogens (primary N) is 1. The fourth-order valence-corrected chi connectivity index (χ4v) is 1.76. The molecule has 106 valence electrons. The first-order valence-corrected chi connectivity index (χ1v) is 6.91. The molecule has 0 saturated heterocycles. The summed E-state index contributed by atoms with van der Waals surface area (Å²) in [6, 6.07) is 6.00. The molecule has 0 saturated carbocycles. The molecule has 1 aromatic rings. The quantitative estimate of drug-likeness (QED) is 0.796. The zero-order valence-corrected chi connectivity index (χ0v) is 12.0. The number of benzene rings is 1. The molecule has 0 spiro atoms. The van der Waals surface area contributed by atoms with E-state index in [0.717, 1.165) is 24.1 Å². The second-order valence-electron chi connectivity index (χ2n) is 4.54. The van der Waals surface area contributed by atoms with E-state index in [4.69, 9.17) is 10.5 Å². The van der Waals surface area contributed by atoms with E-state index in [2.05, 4.69) is 12.2 Å². The van der Waals surface area contributed by atoms with Crippen LogP contribution in [0.1, 0.15) is 39.2 Å². The number of rotatable bonds is 7. The molecule has 1 amide bonds. The minimum absolute atomic E-state index is 0.0148. The summed E-state index contributed by atoms with van der Waals surface area (Å²) in [5, 5.41) is 2.84. The second-order valence-corrected chi connectivity index (χ2v) is 4.54. The lowest BCUT2D eigenvalue weighted by atomic mass is 10.0. The molecule has 0 aromatic heterocycles. The molecule has 0 radical (unpaired) electrons. The fraction of sp³-hybridized carbons (Fsp3) is 0.533.